The molecule has 0 aromatic rings. The molecule has 10 heteroatoms. The number of carbonyl (C=O) groups excluding carboxylic acids is 1. The summed E-state index contributed by atoms with van der Waals surface area (Å²) < 4.78 is 0. The fraction of sp³-hybridized carbons (Fsp3) is 0.889. The van der Waals surface area contributed by atoms with E-state index in [-0.39, 0.29) is 81.7 Å². The Kier molecular flexibility index (Phi) is 47.4. The summed E-state index contributed by atoms with van der Waals surface area (Å²) in [5.41, 5.74) is 4.78. The standard InChI is InChI=1S/C4H7NO.C3H8O2S.C2H7NO.Ca.2ClH/c6-4-2-1-3-5-4;4-1-3(5)2-6;3-1-2-4;;;/h1-3H2,(H,5,6);3-6H,1-2H2;4H,1-3H2;;2*1H/q;;;+2;;/p-2. The first kappa shape index (κ1) is 32.4. The molecule has 1 amide bonds. The first-order chi connectivity index (χ1) is 7.62. The number of nitrogens with one attached hydrogen (secondary N) is 1. The molecule has 1 heterocycles. The Morgan fingerprint density at radius 1 is 1.37 bits per heavy atom. The molecule has 19 heavy (non-hydrogen) atoms. The van der Waals surface area contributed by atoms with E-state index >= 15 is 0 Å². The maximum Gasteiger partial charge on any atom is 2.00 e. The first-order valence-corrected chi connectivity index (χ1v) is 5.73. The van der Waals surface area contributed by atoms with E-state index in [4.69, 9.17) is 21.1 Å². The molecule has 0 saturated carbocycles. The molecule has 1 saturated heterocycles. The van der Waals surface area contributed by atoms with Crippen LogP contribution in [0.25, 0.3) is 0 Å². The molecule has 0 bridgehead atoms. The van der Waals surface area contributed by atoms with Gasteiger partial charge < -0.3 is 51.2 Å². The number of thiol groups is 1. The summed E-state index contributed by atoms with van der Waals surface area (Å²) in [6.45, 7) is 1.17. The minimum absolute atomic E-state index is 0. The summed E-state index contributed by atoms with van der Waals surface area (Å²) in [6.07, 6.45) is 1.12. The van der Waals surface area contributed by atoms with Crippen molar-refractivity contribution in [2.75, 3.05) is 32.1 Å². The molecular formula is C9H22CaCl2N2O4S. The molecule has 1 rings (SSSR count). The molecule has 1 aliphatic rings. The second-order valence-electron chi connectivity index (χ2n) is 2.98. The van der Waals surface area contributed by atoms with Crippen LogP contribution in [0.2, 0.25) is 0 Å². The van der Waals surface area contributed by atoms with Crippen LogP contribution in [-0.4, -0.2) is 97.1 Å². The Balaban J connectivity index is -0.0000000488. The van der Waals surface area contributed by atoms with Crippen LogP contribution in [-0.2, 0) is 4.79 Å². The van der Waals surface area contributed by atoms with Crippen LogP contribution in [0.4, 0.5) is 0 Å². The van der Waals surface area contributed by atoms with Crippen LogP contribution in [0.1, 0.15) is 12.8 Å². The summed E-state index contributed by atoms with van der Waals surface area (Å²) in [7, 11) is 0. The second kappa shape index (κ2) is 27.8. The van der Waals surface area contributed by atoms with Crippen molar-refractivity contribution in [1.29, 1.82) is 0 Å². The van der Waals surface area contributed by atoms with Gasteiger partial charge in [-0.3, -0.25) is 4.79 Å². The third-order valence-corrected chi connectivity index (χ3v) is 1.87. The van der Waals surface area contributed by atoms with Gasteiger partial charge in [-0.15, -0.1) is 0 Å². The predicted octanol–water partition coefficient (Wildman–Crippen LogP) is -8.27. The van der Waals surface area contributed by atoms with Gasteiger partial charge in [0.1, 0.15) is 0 Å². The van der Waals surface area contributed by atoms with Crippen molar-refractivity contribution in [3.8, 4) is 0 Å². The summed E-state index contributed by atoms with van der Waals surface area (Å²) in [5, 5.41) is 26.8. The average Bonchev–Trinajstić information content (AvgIpc) is 2.80. The zero-order valence-electron chi connectivity index (χ0n) is 10.8. The van der Waals surface area contributed by atoms with Crippen LogP contribution in [0.3, 0.4) is 0 Å². The van der Waals surface area contributed by atoms with E-state index in [1.54, 1.807) is 0 Å². The molecule has 1 aliphatic heterocycles. The number of nitrogens with two attached hydrogens (primary N) is 1. The molecule has 0 radical (unpaired) electrons. The van der Waals surface area contributed by atoms with E-state index in [0.29, 0.717) is 12.3 Å². The molecule has 114 valence electrons. The molecule has 0 aliphatic carbocycles. The summed E-state index contributed by atoms with van der Waals surface area (Å²) in [5.74, 6) is 0.534. The smallest absolute Gasteiger partial charge is 1.00 e. The van der Waals surface area contributed by atoms with E-state index in [1.807, 2.05) is 0 Å². The molecular weight excluding hydrogens is 343 g/mol. The van der Waals surface area contributed by atoms with Crippen molar-refractivity contribution >= 4 is 56.3 Å². The van der Waals surface area contributed by atoms with E-state index < -0.39 is 6.10 Å². The van der Waals surface area contributed by atoms with Crippen molar-refractivity contribution in [2.45, 2.75) is 18.9 Å². The average molecular weight is 365 g/mol. The maximum atomic E-state index is 10.1. The Bertz CT molecular complexity index is 161. The quantitative estimate of drug-likeness (QED) is 0.220. The number of hydrogen-bond donors (Lipinski definition) is 6. The van der Waals surface area contributed by atoms with Crippen molar-refractivity contribution in [3.63, 3.8) is 0 Å². The molecule has 6 N–H and O–H groups in total. The molecule has 6 nitrogen and oxygen atoms in total. The van der Waals surface area contributed by atoms with Gasteiger partial charge in [0.25, 0.3) is 0 Å². The number of carbonyl (C=O) groups is 1. The van der Waals surface area contributed by atoms with Crippen LogP contribution < -0.4 is 35.9 Å². The summed E-state index contributed by atoms with van der Waals surface area (Å²) in [4.78, 5) is 10.1. The number of aliphatic hydroxyl groups is 3. The van der Waals surface area contributed by atoms with Gasteiger partial charge in [0.05, 0.1) is 19.3 Å². The summed E-state index contributed by atoms with van der Waals surface area (Å²) in [6, 6.07) is 0. The van der Waals surface area contributed by atoms with Gasteiger partial charge in [-0.25, -0.2) is 0 Å². The van der Waals surface area contributed by atoms with Crippen LogP contribution >= 0.6 is 12.6 Å². The van der Waals surface area contributed by atoms with Gasteiger partial charge in [-0.1, -0.05) is 0 Å². The molecule has 0 aromatic carbocycles. The Hall–Kier alpha value is 1.50. The van der Waals surface area contributed by atoms with Crippen molar-refractivity contribution in [1.82, 2.24) is 5.32 Å². The SMILES string of the molecule is NCCO.O=C1CCCN1.OCC(O)CS.[Ca+2].[Cl-].[Cl-]. The van der Waals surface area contributed by atoms with Gasteiger partial charge in [-0.2, -0.15) is 12.6 Å². The number of rotatable bonds is 3. The third kappa shape index (κ3) is 32.8. The maximum absolute atomic E-state index is 10.1. The monoisotopic (exact) mass is 364 g/mol. The third-order valence-electron chi connectivity index (χ3n) is 1.45. The van der Waals surface area contributed by atoms with Crippen LogP contribution in [0, 0.1) is 0 Å². The van der Waals surface area contributed by atoms with Crippen LogP contribution in [0.15, 0.2) is 0 Å². The zero-order chi connectivity index (χ0) is 12.8. The molecule has 1 fully saturated rings. The Labute approximate surface area is 162 Å². The van der Waals surface area contributed by atoms with Crippen LogP contribution in [0.5, 0.6) is 0 Å². The number of aliphatic hydroxyl groups excluding tert-OH is 3. The fourth-order valence-electron chi connectivity index (χ4n) is 0.623. The van der Waals surface area contributed by atoms with E-state index in [1.165, 1.54) is 0 Å². The minimum Gasteiger partial charge on any atom is -1.00 e. The number of hydrogen-bond acceptors (Lipinski definition) is 6. The normalized spacial score (nSPS) is 12.8. The molecule has 1 unspecified atom stereocenters. The predicted molar refractivity (Wildman–Crippen MR) is 71.1 cm³/mol. The van der Waals surface area contributed by atoms with Gasteiger partial charge in [0.15, 0.2) is 0 Å². The number of halogens is 2. The van der Waals surface area contributed by atoms with E-state index in [0.717, 1.165) is 19.4 Å². The fourth-order valence-corrected chi connectivity index (χ4v) is 0.738. The van der Waals surface area contributed by atoms with Crippen molar-refractivity contribution in [3.05, 3.63) is 0 Å². The molecule has 1 atom stereocenters. The van der Waals surface area contributed by atoms with Crippen molar-refractivity contribution in [2.24, 2.45) is 5.73 Å². The largest absolute Gasteiger partial charge is 2.00 e. The Morgan fingerprint density at radius 3 is 1.89 bits per heavy atom. The van der Waals surface area contributed by atoms with Gasteiger partial charge in [0, 0.05) is 25.3 Å². The van der Waals surface area contributed by atoms with Gasteiger partial charge in [-0.05, 0) is 6.42 Å². The molecule has 0 spiro atoms. The Morgan fingerprint density at radius 2 is 1.84 bits per heavy atom. The molecule has 0 aromatic heterocycles. The first-order valence-electron chi connectivity index (χ1n) is 5.09. The number of amides is 1. The van der Waals surface area contributed by atoms with E-state index in [9.17, 15) is 4.79 Å². The van der Waals surface area contributed by atoms with Gasteiger partial charge >= 0.3 is 37.7 Å². The minimum atomic E-state index is -0.645. The van der Waals surface area contributed by atoms with Gasteiger partial charge in [0.2, 0.25) is 5.91 Å². The topological polar surface area (TPSA) is 116 Å². The summed E-state index contributed by atoms with van der Waals surface area (Å²) >= 11 is 3.69. The van der Waals surface area contributed by atoms with Crippen molar-refractivity contribution < 1.29 is 44.9 Å². The van der Waals surface area contributed by atoms with E-state index in [2.05, 4.69) is 17.9 Å². The second-order valence-corrected chi connectivity index (χ2v) is 3.35. The zero-order valence-corrected chi connectivity index (χ0v) is 15.4.